The van der Waals surface area contributed by atoms with Crippen LogP contribution in [0.5, 0.6) is 0 Å². The molecule has 0 aliphatic rings. The SMILES string of the molecule is Cn1nnnc1SCCS(=O)(=O)c1cccc(C(=O)O)c1. The third-order valence-electron chi connectivity index (χ3n) is 2.60. The second-order valence-corrected chi connectivity index (χ2v) is 7.26. The van der Waals surface area contributed by atoms with Gasteiger partial charge in [0.15, 0.2) is 9.84 Å². The number of carboxylic acid groups (broad SMARTS) is 1. The molecule has 2 aromatic rings. The second-order valence-electron chi connectivity index (χ2n) is 4.09. The minimum Gasteiger partial charge on any atom is -0.478 e. The molecule has 2 rings (SSSR count). The lowest BCUT2D eigenvalue weighted by Crippen LogP contribution is -2.10. The molecule has 1 heterocycles. The Bertz CT molecular complexity index is 757. The summed E-state index contributed by atoms with van der Waals surface area (Å²) in [4.78, 5) is 10.9. The van der Waals surface area contributed by atoms with E-state index in [0.29, 0.717) is 5.16 Å². The van der Waals surface area contributed by atoms with Gasteiger partial charge >= 0.3 is 5.97 Å². The normalized spacial score (nSPS) is 11.5. The lowest BCUT2D eigenvalue weighted by molar-refractivity contribution is 0.0696. The average Bonchev–Trinajstić information content (AvgIpc) is 2.84. The quantitative estimate of drug-likeness (QED) is 0.761. The zero-order valence-corrected chi connectivity index (χ0v) is 12.6. The molecule has 0 saturated heterocycles. The molecule has 0 amide bonds. The molecule has 1 aromatic heterocycles. The number of hydrogen-bond acceptors (Lipinski definition) is 7. The summed E-state index contributed by atoms with van der Waals surface area (Å²) in [5.74, 6) is -1.02. The second kappa shape index (κ2) is 6.22. The molecule has 0 radical (unpaired) electrons. The minimum atomic E-state index is -3.54. The van der Waals surface area contributed by atoms with Crippen molar-refractivity contribution in [1.29, 1.82) is 0 Å². The van der Waals surface area contributed by atoms with Gasteiger partial charge in [-0.1, -0.05) is 17.8 Å². The van der Waals surface area contributed by atoms with Crippen LogP contribution in [0.2, 0.25) is 0 Å². The highest BCUT2D eigenvalue weighted by Gasteiger charge is 2.17. The Hall–Kier alpha value is -1.94. The fraction of sp³-hybridized carbons (Fsp3) is 0.273. The maximum Gasteiger partial charge on any atom is 0.335 e. The molecular formula is C11H12N4O4S2. The number of sulfone groups is 1. The number of carboxylic acids is 1. The van der Waals surface area contributed by atoms with Crippen molar-refractivity contribution in [3.8, 4) is 0 Å². The van der Waals surface area contributed by atoms with Crippen molar-refractivity contribution in [3.05, 3.63) is 29.8 Å². The molecule has 0 atom stereocenters. The number of benzene rings is 1. The Morgan fingerprint density at radius 3 is 2.81 bits per heavy atom. The number of aromatic nitrogens is 4. The zero-order chi connectivity index (χ0) is 15.5. The van der Waals surface area contributed by atoms with Crippen molar-refractivity contribution in [2.75, 3.05) is 11.5 Å². The third kappa shape index (κ3) is 3.79. The van der Waals surface area contributed by atoms with E-state index in [2.05, 4.69) is 15.5 Å². The summed E-state index contributed by atoms with van der Waals surface area (Å²) in [6.07, 6.45) is 0. The standard InChI is InChI=1S/C11H12N4O4S2/c1-15-11(12-13-14-15)20-5-6-21(18,19)9-4-2-3-8(7-9)10(16)17/h2-4,7H,5-6H2,1H3,(H,16,17). The van der Waals surface area contributed by atoms with E-state index in [-0.39, 0.29) is 22.0 Å². The van der Waals surface area contributed by atoms with E-state index in [1.807, 2.05) is 0 Å². The Labute approximate surface area is 125 Å². The third-order valence-corrected chi connectivity index (χ3v) is 5.59. The highest BCUT2D eigenvalue weighted by atomic mass is 32.2. The summed E-state index contributed by atoms with van der Waals surface area (Å²) in [5.41, 5.74) is -0.0544. The summed E-state index contributed by atoms with van der Waals surface area (Å²) < 4.78 is 25.8. The van der Waals surface area contributed by atoms with Crippen LogP contribution in [-0.4, -0.2) is 51.2 Å². The summed E-state index contributed by atoms with van der Waals surface area (Å²) >= 11 is 1.22. The first-order valence-corrected chi connectivity index (χ1v) is 8.45. The first kappa shape index (κ1) is 15.4. The molecule has 0 spiro atoms. The van der Waals surface area contributed by atoms with Crippen LogP contribution >= 0.6 is 11.8 Å². The molecule has 0 fully saturated rings. The molecule has 1 aromatic carbocycles. The van der Waals surface area contributed by atoms with Gasteiger partial charge in [0.1, 0.15) is 0 Å². The van der Waals surface area contributed by atoms with E-state index in [9.17, 15) is 13.2 Å². The molecule has 112 valence electrons. The molecule has 0 bridgehead atoms. The van der Waals surface area contributed by atoms with E-state index in [4.69, 9.17) is 5.11 Å². The first-order valence-electron chi connectivity index (χ1n) is 5.81. The fourth-order valence-corrected chi connectivity index (χ4v) is 4.07. The summed E-state index contributed by atoms with van der Waals surface area (Å²) in [7, 11) is -1.88. The average molecular weight is 328 g/mol. The first-order chi connectivity index (χ1) is 9.90. The van der Waals surface area contributed by atoms with Crippen LogP contribution in [0.15, 0.2) is 34.3 Å². The Balaban J connectivity index is 2.06. The molecule has 10 heteroatoms. The van der Waals surface area contributed by atoms with Crippen molar-refractivity contribution in [1.82, 2.24) is 20.2 Å². The minimum absolute atomic E-state index is 0.000842. The van der Waals surface area contributed by atoms with Crippen molar-refractivity contribution in [2.45, 2.75) is 10.1 Å². The van der Waals surface area contributed by atoms with E-state index in [0.717, 1.165) is 6.07 Å². The van der Waals surface area contributed by atoms with Gasteiger partial charge < -0.3 is 5.11 Å². The van der Waals surface area contributed by atoms with Gasteiger partial charge in [0.2, 0.25) is 5.16 Å². The zero-order valence-electron chi connectivity index (χ0n) is 11.0. The molecule has 0 aliphatic heterocycles. The van der Waals surface area contributed by atoms with Gasteiger partial charge in [-0.05, 0) is 28.6 Å². The van der Waals surface area contributed by atoms with Gasteiger partial charge in [-0.3, -0.25) is 0 Å². The van der Waals surface area contributed by atoms with Crippen LogP contribution in [0.3, 0.4) is 0 Å². The van der Waals surface area contributed by atoms with E-state index >= 15 is 0 Å². The molecule has 8 nitrogen and oxygen atoms in total. The largest absolute Gasteiger partial charge is 0.478 e. The van der Waals surface area contributed by atoms with Gasteiger partial charge in [0.25, 0.3) is 0 Å². The number of nitrogens with zero attached hydrogens (tertiary/aromatic N) is 4. The van der Waals surface area contributed by atoms with Crippen LogP contribution in [0, 0.1) is 0 Å². The maximum absolute atomic E-state index is 12.2. The summed E-state index contributed by atoms with van der Waals surface area (Å²) in [6, 6.07) is 5.31. The number of carbonyl (C=O) groups is 1. The van der Waals surface area contributed by atoms with Gasteiger partial charge in [-0.25, -0.2) is 17.9 Å². The molecule has 0 saturated carbocycles. The Morgan fingerprint density at radius 1 is 1.43 bits per heavy atom. The van der Waals surface area contributed by atoms with Crippen LogP contribution in [-0.2, 0) is 16.9 Å². The topological polar surface area (TPSA) is 115 Å². The van der Waals surface area contributed by atoms with E-state index in [1.54, 1.807) is 7.05 Å². The number of hydrogen-bond donors (Lipinski definition) is 1. The molecular weight excluding hydrogens is 316 g/mol. The van der Waals surface area contributed by atoms with E-state index in [1.165, 1.54) is 34.6 Å². The van der Waals surface area contributed by atoms with Crippen molar-refractivity contribution >= 4 is 27.6 Å². The summed E-state index contributed by atoms with van der Waals surface area (Å²) in [6.45, 7) is 0. The molecule has 0 aliphatic carbocycles. The Kier molecular flexibility index (Phi) is 4.58. The van der Waals surface area contributed by atoms with Crippen LogP contribution in [0.1, 0.15) is 10.4 Å². The number of aryl methyl sites for hydroxylation is 1. The van der Waals surface area contributed by atoms with Crippen LogP contribution < -0.4 is 0 Å². The highest BCUT2D eigenvalue weighted by Crippen LogP contribution is 2.17. The van der Waals surface area contributed by atoms with Crippen molar-refractivity contribution in [2.24, 2.45) is 7.05 Å². The van der Waals surface area contributed by atoms with Gasteiger partial charge in [-0.15, -0.1) is 5.10 Å². The van der Waals surface area contributed by atoms with Crippen LogP contribution in [0.25, 0.3) is 0 Å². The van der Waals surface area contributed by atoms with Crippen molar-refractivity contribution in [3.63, 3.8) is 0 Å². The monoisotopic (exact) mass is 328 g/mol. The smallest absolute Gasteiger partial charge is 0.335 e. The summed E-state index contributed by atoms with van der Waals surface area (Å²) in [5, 5.41) is 20.2. The van der Waals surface area contributed by atoms with Crippen LogP contribution in [0.4, 0.5) is 0 Å². The molecule has 0 unspecified atom stereocenters. The van der Waals surface area contributed by atoms with Gasteiger partial charge in [0, 0.05) is 12.8 Å². The lowest BCUT2D eigenvalue weighted by atomic mass is 10.2. The Morgan fingerprint density at radius 2 is 2.19 bits per heavy atom. The maximum atomic E-state index is 12.2. The number of tetrazole rings is 1. The molecule has 1 N–H and O–H groups in total. The van der Waals surface area contributed by atoms with E-state index < -0.39 is 15.8 Å². The highest BCUT2D eigenvalue weighted by molar-refractivity contribution is 8.00. The number of rotatable bonds is 6. The van der Waals surface area contributed by atoms with Gasteiger partial charge in [-0.2, -0.15) is 0 Å². The predicted octanol–water partition coefficient (Wildman–Crippen LogP) is 0.474. The van der Waals surface area contributed by atoms with Crippen molar-refractivity contribution < 1.29 is 18.3 Å². The lowest BCUT2D eigenvalue weighted by Gasteiger charge is -2.05. The molecule has 21 heavy (non-hydrogen) atoms. The predicted molar refractivity (Wildman–Crippen MR) is 75.0 cm³/mol. The van der Waals surface area contributed by atoms with Gasteiger partial charge in [0.05, 0.1) is 16.2 Å². The fourth-order valence-electron chi connectivity index (χ4n) is 1.53. The number of thioether (sulfide) groups is 1. The number of aromatic carboxylic acids is 1.